The molecule has 0 heterocycles. The summed E-state index contributed by atoms with van der Waals surface area (Å²) >= 11 is 0. The van der Waals surface area contributed by atoms with Crippen LogP contribution in [0.3, 0.4) is 0 Å². The summed E-state index contributed by atoms with van der Waals surface area (Å²) < 4.78 is 0. The van der Waals surface area contributed by atoms with Gasteiger partial charge in [0.05, 0.1) is 18.3 Å². The number of aliphatic hydroxyl groups excluding tert-OH is 3. The average Bonchev–Trinajstić information content (AvgIpc) is 2.36. The van der Waals surface area contributed by atoms with Crippen LogP contribution >= 0.6 is 0 Å². The Bertz CT molecular complexity index is 194. The van der Waals surface area contributed by atoms with Crippen molar-refractivity contribution in [1.82, 2.24) is 10.6 Å². The van der Waals surface area contributed by atoms with E-state index in [1.807, 2.05) is 6.92 Å². The second kappa shape index (κ2) is 12.8. The van der Waals surface area contributed by atoms with Crippen molar-refractivity contribution in [1.29, 1.82) is 0 Å². The second-order valence-corrected chi connectivity index (χ2v) is 5.21. The number of aliphatic hydroxyl groups is 3. The molecule has 0 fully saturated rings. The number of nitrogens with one attached hydrogen (secondary N) is 2. The van der Waals surface area contributed by atoms with Crippen LogP contribution < -0.4 is 10.6 Å². The Balaban J connectivity index is 3.41. The Morgan fingerprint density at radius 1 is 0.684 bits per heavy atom. The van der Waals surface area contributed by atoms with Gasteiger partial charge in [0.1, 0.15) is 0 Å². The first kappa shape index (κ1) is 18.8. The van der Waals surface area contributed by atoms with Gasteiger partial charge in [0.25, 0.3) is 0 Å². The van der Waals surface area contributed by atoms with E-state index in [0.717, 1.165) is 32.1 Å². The van der Waals surface area contributed by atoms with Crippen LogP contribution in [0.15, 0.2) is 0 Å². The fourth-order valence-corrected chi connectivity index (χ4v) is 1.88. The van der Waals surface area contributed by atoms with Crippen LogP contribution in [0.25, 0.3) is 0 Å². The molecule has 0 saturated carbocycles. The predicted molar refractivity (Wildman–Crippen MR) is 78.2 cm³/mol. The van der Waals surface area contributed by atoms with Crippen molar-refractivity contribution in [2.45, 2.75) is 64.3 Å². The summed E-state index contributed by atoms with van der Waals surface area (Å²) in [7, 11) is 0. The van der Waals surface area contributed by atoms with Crippen molar-refractivity contribution in [2.24, 2.45) is 0 Å². The van der Waals surface area contributed by atoms with Crippen molar-refractivity contribution >= 4 is 0 Å². The van der Waals surface area contributed by atoms with Crippen molar-refractivity contribution in [2.75, 3.05) is 26.2 Å². The van der Waals surface area contributed by atoms with Gasteiger partial charge in [0, 0.05) is 26.2 Å². The molecule has 0 amide bonds. The van der Waals surface area contributed by atoms with Crippen LogP contribution in [0.4, 0.5) is 0 Å². The van der Waals surface area contributed by atoms with Gasteiger partial charge in [-0.15, -0.1) is 0 Å². The van der Waals surface area contributed by atoms with Gasteiger partial charge in [0.2, 0.25) is 0 Å². The van der Waals surface area contributed by atoms with E-state index >= 15 is 0 Å². The van der Waals surface area contributed by atoms with E-state index in [-0.39, 0.29) is 12.2 Å². The molecule has 19 heavy (non-hydrogen) atoms. The molecule has 0 aliphatic rings. The molecule has 0 aliphatic carbocycles. The fraction of sp³-hybridized carbons (Fsp3) is 1.00. The summed E-state index contributed by atoms with van der Waals surface area (Å²) in [5, 5.41) is 34.9. The number of rotatable bonds is 13. The first-order chi connectivity index (χ1) is 9.10. The zero-order valence-electron chi connectivity index (χ0n) is 12.4. The number of hydrogen-bond donors (Lipinski definition) is 5. The molecule has 0 bridgehead atoms. The van der Waals surface area contributed by atoms with Gasteiger partial charge >= 0.3 is 0 Å². The smallest absolute Gasteiger partial charge is 0.0788 e. The monoisotopic (exact) mass is 276 g/mol. The maximum Gasteiger partial charge on any atom is 0.0788 e. The minimum absolute atomic E-state index is 0.327. The summed E-state index contributed by atoms with van der Waals surface area (Å²) in [4.78, 5) is 0. The Morgan fingerprint density at radius 2 is 1.16 bits per heavy atom. The molecule has 0 aromatic carbocycles. The largest absolute Gasteiger partial charge is 0.392 e. The Morgan fingerprint density at radius 3 is 1.63 bits per heavy atom. The highest BCUT2D eigenvalue weighted by Gasteiger charge is 2.07. The summed E-state index contributed by atoms with van der Waals surface area (Å²) in [5.74, 6) is 0. The van der Waals surface area contributed by atoms with Crippen molar-refractivity contribution < 1.29 is 15.3 Å². The van der Waals surface area contributed by atoms with Crippen LogP contribution in [-0.2, 0) is 0 Å². The van der Waals surface area contributed by atoms with Crippen LogP contribution in [0.2, 0.25) is 0 Å². The maximum absolute atomic E-state index is 9.69. The van der Waals surface area contributed by atoms with Gasteiger partial charge in [-0.25, -0.2) is 0 Å². The highest BCUT2D eigenvalue weighted by molar-refractivity contribution is 4.67. The molecule has 0 rings (SSSR count). The standard InChI is InChI=1S/C14H32N2O3/c1-3-5-7-13(18)9-16-11-14(19)10-15-8-12(17)6-4-2/h12-19H,3-11H2,1-2H3. The first-order valence-corrected chi connectivity index (χ1v) is 7.55. The summed E-state index contributed by atoms with van der Waals surface area (Å²) in [6.45, 7) is 6.09. The SMILES string of the molecule is CCCCC(O)CNCC(O)CNCC(O)CCC. The highest BCUT2D eigenvalue weighted by atomic mass is 16.3. The Kier molecular flexibility index (Phi) is 12.7. The lowest BCUT2D eigenvalue weighted by molar-refractivity contribution is 0.128. The van der Waals surface area contributed by atoms with Crippen LogP contribution in [-0.4, -0.2) is 59.8 Å². The fourth-order valence-electron chi connectivity index (χ4n) is 1.88. The molecule has 5 heteroatoms. The predicted octanol–water partition coefficient (Wildman–Crippen LogP) is 0.239. The minimum Gasteiger partial charge on any atom is -0.392 e. The normalized spacial score (nSPS) is 16.3. The minimum atomic E-state index is -0.493. The van der Waals surface area contributed by atoms with Crippen molar-refractivity contribution in [3.05, 3.63) is 0 Å². The molecule has 0 saturated heterocycles. The van der Waals surface area contributed by atoms with Gasteiger partial charge < -0.3 is 26.0 Å². The van der Waals surface area contributed by atoms with Crippen molar-refractivity contribution in [3.63, 3.8) is 0 Å². The van der Waals surface area contributed by atoms with E-state index < -0.39 is 6.10 Å². The summed E-state index contributed by atoms with van der Waals surface area (Å²) in [5.41, 5.74) is 0. The topological polar surface area (TPSA) is 84.8 Å². The molecule has 116 valence electrons. The van der Waals surface area contributed by atoms with Gasteiger partial charge in [-0.1, -0.05) is 33.1 Å². The van der Waals surface area contributed by atoms with Crippen LogP contribution in [0.5, 0.6) is 0 Å². The second-order valence-electron chi connectivity index (χ2n) is 5.21. The van der Waals surface area contributed by atoms with E-state index in [1.54, 1.807) is 0 Å². The maximum atomic E-state index is 9.69. The third kappa shape index (κ3) is 12.6. The van der Waals surface area contributed by atoms with E-state index in [4.69, 9.17) is 0 Å². The summed E-state index contributed by atoms with van der Waals surface area (Å²) in [6.07, 6.45) is 3.51. The molecule has 0 aliphatic heterocycles. The van der Waals surface area contributed by atoms with E-state index in [1.165, 1.54) is 0 Å². The van der Waals surface area contributed by atoms with Gasteiger partial charge in [-0.3, -0.25) is 0 Å². The lowest BCUT2D eigenvalue weighted by atomic mass is 10.1. The Hall–Kier alpha value is -0.200. The Labute approximate surface area is 117 Å². The van der Waals surface area contributed by atoms with E-state index in [9.17, 15) is 15.3 Å². The van der Waals surface area contributed by atoms with Crippen LogP contribution in [0.1, 0.15) is 46.0 Å². The molecule has 5 N–H and O–H groups in total. The highest BCUT2D eigenvalue weighted by Crippen LogP contribution is 1.98. The van der Waals surface area contributed by atoms with Gasteiger partial charge in [-0.2, -0.15) is 0 Å². The average molecular weight is 276 g/mol. The molecule has 3 unspecified atom stereocenters. The molecule has 0 spiro atoms. The molecule has 0 aromatic heterocycles. The molecule has 3 atom stereocenters. The van der Waals surface area contributed by atoms with Gasteiger partial charge in [-0.05, 0) is 12.8 Å². The van der Waals surface area contributed by atoms with E-state index in [0.29, 0.717) is 26.2 Å². The van der Waals surface area contributed by atoms with E-state index in [2.05, 4.69) is 17.6 Å². The number of hydrogen-bond acceptors (Lipinski definition) is 5. The van der Waals surface area contributed by atoms with Gasteiger partial charge in [0.15, 0.2) is 0 Å². The van der Waals surface area contributed by atoms with Crippen molar-refractivity contribution in [3.8, 4) is 0 Å². The third-order valence-corrected chi connectivity index (χ3v) is 3.03. The molecule has 0 aromatic rings. The number of unbranched alkanes of at least 4 members (excludes halogenated alkanes) is 1. The molecule has 5 nitrogen and oxygen atoms in total. The molecular formula is C14H32N2O3. The first-order valence-electron chi connectivity index (χ1n) is 7.55. The summed E-state index contributed by atoms with van der Waals surface area (Å²) in [6, 6.07) is 0. The van der Waals surface area contributed by atoms with Crippen LogP contribution in [0, 0.1) is 0 Å². The third-order valence-electron chi connectivity index (χ3n) is 3.03. The zero-order chi connectivity index (χ0) is 14.5. The zero-order valence-corrected chi connectivity index (χ0v) is 12.4. The molecule has 0 radical (unpaired) electrons. The lowest BCUT2D eigenvalue weighted by Crippen LogP contribution is -2.40. The molecular weight excluding hydrogens is 244 g/mol. The lowest BCUT2D eigenvalue weighted by Gasteiger charge is -2.16. The quantitative estimate of drug-likeness (QED) is 0.333.